The molecule has 0 saturated carbocycles. The number of fused-ring (bicyclic) bond motifs is 2. The normalized spacial score (nSPS) is 24.5. The third-order valence-corrected chi connectivity index (χ3v) is 18.0. The van der Waals surface area contributed by atoms with Gasteiger partial charge in [0.15, 0.2) is 0 Å². The molecule has 412 valence electrons. The number of nitrogens with zero attached hydrogens (tertiary/aromatic N) is 4. The molecule has 2 aromatic carbocycles. The number of hydrogen-bond acceptors (Lipinski definition) is 13. The van der Waals surface area contributed by atoms with Crippen molar-refractivity contribution in [3.8, 4) is 0 Å². The highest BCUT2D eigenvalue weighted by Crippen LogP contribution is 2.48. The van der Waals surface area contributed by atoms with Crippen LogP contribution in [0.4, 0.5) is 9.59 Å². The molecule has 23 heteroatoms. The average Bonchev–Trinajstić information content (AvgIpc) is 3.70. The second kappa shape index (κ2) is 26.5. The number of benzene rings is 2. The SMILES string of the molecule is CC(C(=S)N[C@H]1CCS[C@H]2CC(C)(C)[C@@H](C(=O)NC(COCCOCCOCC(NC(=O)[C@H]3N4C(=O)[C@@H](NC(=S)C(C)N(C)C(=O)O)CCS[C@H]4CC3(C)C)c3ccccc3)c3ccccc3)N2C1=O)N(C)C(=O)O. The highest BCUT2D eigenvalue weighted by atomic mass is 32.2. The molecule has 0 aromatic heterocycles. The van der Waals surface area contributed by atoms with Gasteiger partial charge in [-0.2, -0.15) is 0 Å². The number of ether oxygens (including phenoxy) is 3. The van der Waals surface area contributed by atoms with E-state index < -0.39 is 71.4 Å². The molecule has 6 rings (SSSR count). The molecular formula is C52H74N8O11S4. The molecule has 19 nitrogen and oxygen atoms in total. The van der Waals surface area contributed by atoms with Crippen LogP contribution in [0.15, 0.2) is 60.7 Å². The van der Waals surface area contributed by atoms with Gasteiger partial charge in [0.1, 0.15) is 24.2 Å². The fraction of sp³-hybridized carbons (Fsp3) is 0.615. The molecule has 4 saturated heterocycles. The zero-order valence-electron chi connectivity index (χ0n) is 44.0. The largest absolute Gasteiger partial charge is 0.465 e. The Labute approximate surface area is 459 Å². The van der Waals surface area contributed by atoms with Crippen LogP contribution in [-0.4, -0.2) is 188 Å². The van der Waals surface area contributed by atoms with Crippen LogP contribution in [-0.2, 0) is 33.4 Å². The van der Waals surface area contributed by atoms with Crippen molar-refractivity contribution in [1.29, 1.82) is 0 Å². The van der Waals surface area contributed by atoms with E-state index in [1.165, 1.54) is 14.1 Å². The summed E-state index contributed by atoms with van der Waals surface area (Å²) >= 11 is 14.4. The number of amides is 6. The van der Waals surface area contributed by atoms with Gasteiger partial charge in [-0.15, -0.1) is 23.5 Å². The minimum absolute atomic E-state index is 0.134. The molecule has 4 fully saturated rings. The molecule has 2 aromatic rings. The Hall–Kier alpha value is -4.78. The number of nitrogens with one attached hydrogen (secondary N) is 4. The van der Waals surface area contributed by atoms with Crippen LogP contribution in [0, 0.1) is 10.8 Å². The van der Waals surface area contributed by atoms with Gasteiger partial charge in [0.25, 0.3) is 0 Å². The van der Waals surface area contributed by atoms with Crippen molar-refractivity contribution < 1.29 is 53.2 Å². The summed E-state index contributed by atoms with van der Waals surface area (Å²) in [6.45, 7) is 12.5. The van der Waals surface area contributed by atoms with Gasteiger partial charge in [0.2, 0.25) is 23.6 Å². The first-order valence-electron chi connectivity index (χ1n) is 25.4. The third kappa shape index (κ3) is 14.8. The fourth-order valence-corrected chi connectivity index (χ4v) is 13.8. The molecule has 75 heavy (non-hydrogen) atoms. The highest BCUT2D eigenvalue weighted by Gasteiger charge is 2.56. The average molecular weight is 1120 g/mol. The lowest BCUT2D eigenvalue weighted by Gasteiger charge is -2.35. The van der Waals surface area contributed by atoms with Crippen molar-refractivity contribution in [3.05, 3.63) is 71.8 Å². The topological polar surface area (TPSA) is 232 Å². The van der Waals surface area contributed by atoms with Gasteiger partial charge >= 0.3 is 12.2 Å². The van der Waals surface area contributed by atoms with Crippen LogP contribution < -0.4 is 21.3 Å². The van der Waals surface area contributed by atoms with Gasteiger partial charge in [0.05, 0.1) is 84.5 Å². The summed E-state index contributed by atoms with van der Waals surface area (Å²) in [5.74, 6) is 0.194. The fourth-order valence-electron chi connectivity index (χ4n) is 10.0. The number of thiocarbonyl (C=S) groups is 2. The minimum Gasteiger partial charge on any atom is -0.465 e. The van der Waals surface area contributed by atoms with E-state index in [1.807, 2.05) is 88.4 Å². The number of carboxylic acid groups (broad SMARTS) is 2. The summed E-state index contributed by atoms with van der Waals surface area (Å²) in [4.78, 5) is 86.8. The number of likely N-dealkylation sites (N-methyl/N-ethyl adjacent to an activating group) is 2. The Morgan fingerprint density at radius 3 is 1.33 bits per heavy atom. The number of thioether (sulfide) groups is 2. The molecule has 6 N–H and O–H groups in total. The summed E-state index contributed by atoms with van der Waals surface area (Å²) in [6.07, 6.45) is -0.121. The van der Waals surface area contributed by atoms with E-state index in [9.17, 15) is 39.0 Å². The second-order valence-electron chi connectivity index (χ2n) is 20.9. The summed E-state index contributed by atoms with van der Waals surface area (Å²) in [6, 6.07) is 13.5. The Morgan fingerprint density at radius 2 is 0.987 bits per heavy atom. The predicted molar refractivity (Wildman–Crippen MR) is 296 cm³/mol. The molecule has 6 amide bonds. The molecule has 4 aliphatic heterocycles. The standard InChI is InChI=1S/C52H74N8O11S4/c1-31(57(7)49(65)66)45(72)55-35-19-25-74-39-27-51(3,4)41(59(39)47(35)63)43(61)53-37(33-15-11-9-12-16-33)29-70-23-21-69-22-24-71-30-38(34-17-13-10-14-18-34)54-44(62)42-52(5,6)28-40-60(42)48(64)36(20-26-75-40)56-46(73)32(2)58(8)50(67)68/h9-18,31-32,35-42H,19-30H2,1-8H3,(H,53,61)(H,54,62)(H,55,72)(H,56,73)(H,65,66)(H,67,68)/t31?,32?,35-,36-,37?,38?,39-,40-,41+,42+/m0/s1. The van der Waals surface area contributed by atoms with E-state index in [2.05, 4.69) is 21.3 Å². The summed E-state index contributed by atoms with van der Waals surface area (Å²) in [5.41, 5.74) is 0.535. The number of carbonyl (C=O) groups excluding carboxylic acids is 4. The Kier molecular flexibility index (Phi) is 21.0. The van der Waals surface area contributed by atoms with Gasteiger partial charge in [-0.3, -0.25) is 19.2 Å². The maximum Gasteiger partial charge on any atom is 0.407 e. The van der Waals surface area contributed by atoms with E-state index >= 15 is 0 Å². The Bertz CT molecular complexity index is 2200. The Balaban J connectivity index is 1.01. The van der Waals surface area contributed by atoms with Crippen molar-refractivity contribution >= 4 is 93.8 Å². The van der Waals surface area contributed by atoms with E-state index in [0.29, 0.717) is 37.2 Å². The van der Waals surface area contributed by atoms with Crippen molar-refractivity contribution in [2.24, 2.45) is 10.8 Å². The Morgan fingerprint density at radius 1 is 0.640 bits per heavy atom. The van der Waals surface area contributed by atoms with Crippen LogP contribution in [0.25, 0.3) is 0 Å². The lowest BCUT2D eigenvalue weighted by molar-refractivity contribution is -0.142. The lowest BCUT2D eigenvalue weighted by atomic mass is 9.83. The first-order valence-corrected chi connectivity index (χ1v) is 28.3. The number of rotatable bonds is 22. The minimum atomic E-state index is -1.14. The molecule has 0 aliphatic carbocycles. The van der Waals surface area contributed by atoms with E-state index in [0.717, 1.165) is 20.9 Å². The van der Waals surface area contributed by atoms with Gasteiger partial charge in [-0.25, -0.2) is 9.59 Å². The smallest absolute Gasteiger partial charge is 0.407 e. The third-order valence-electron chi connectivity index (χ3n) is 14.6. The van der Waals surface area contributed by atoms with Crippen molar-refractivity contribution in [2.75, 3.05) is 65.2 Å². The van der Waals surface area contributed by atoms with Gasteiger partial charge in [0, 0.05) is 14.1 Å². The van der Waals surface area contributed by atoms with Gasteiger partial charge in [-0.1, -0.05) is 113 Å². The molecule has 0 radical (unpaired) electrons. The summed E-state index contributed by atoms with van der Waals surface area (Å²) < 4.78 is 18.1. The van der Waals surface area contributed by atoms with Crippen LogP contribution in [0.2, 0.25) is 0 Å². The first-order chi connectivity index (χ1) is 35.5. The lowest BCUT2D eigenvalue weighted by Crippen LogP contribution is -2.58. The van der Waals surface area contributed by atoms with Crippen LogP contribution in [0.5, 0.6) is 0 Å². The van der Waals surface area contributed by atoms with Gasteiger partial charge in [-0.05, 0) is 73.0 Å². The molecular weight excluding hydrogens is 1040 g/mol. The van der Waals surface area contributed by atoms with Crippen molar-refractivity contribution in [1.82, 2.24) is 40.9 Å². The van der Waals surface area contributed by atoms with Crippen LogP contribution >= 0.6 is 48.0 Å². The van der Waals surface area contributed by atoms with Crippen molar-refractivity contribution in [2.45, 2.75) is 126 Å². The summed E-state index contributed by atoms with van der Waals surface area (Å²) in [7, 11) is 2.85. The quantitative estimate of drug-likeness (QED) is 0.0632. The second-order valence-corrected chi connectivity index (χ2v) is 24.3. The van der Waals surface area contributed by atoms with E-state index in [4.69, 9.17) is 38.6 Å². The maximum atomic E-state index is 14.5. The maximum absolute atomic E-state index is 14.5. The molecule has 4 heterocycles. The van der Waals surface area contributed by atoms with Gasteiger partial charge < -0.3 is 65.3 Å². The monoisotopic (exact) mass is 1110 g/mol. The molecule has 4 aliphatic rings. The van der Waals surface area contributed by atoms with Crippen molar-refractivity contribution in [3.63, 3.8) is 0 Å². The van der Waals surface area contributed by atoms with Crippen LogP contribution in [0.3, 0.4) is 0 Å². The van der Waals surface area contributed by atoms with Crippen LogP contribution in [0.1, 0.15) is 90.4 Å². The highest BCUT2D eigenvalue weighted by molar-refractivity contribution is 8.00. The number of hydrogen-bond donors (Lipinski definition) is 6. The molecule has 10 atom stereocenters. The first kappa shape index (κ1) is 59.5. The molecule has 0 spiro atoms. The summed E-state index contributed by atoms with van der Waals surface area (Å²) in [5, 5.41) is 31.2. The zero-order chi connectivity index (χ0) is 54.8. The molecule has 4 unspecified atom stereocenters. The molecule has 0 bridgehead atoms. The predicted octanol–water partition coefficient (Wildman–Crippen LogP) is 5.50. The number of carbonyl (C=O) groups is 6. The van der Waals surface area contributed by atoms with E-state index in [-0.39, 0.29) is 84.0 Å². The zero-order valence-corrected chi connectivity index (χ0v) is 47.3. The van der Waals surface area contributed by atoms with E-state index in [1.54, 1.807) is 47.2 Å².